The van der Waals surface area contributed by atoms with Crippen LogP contribution in [-0.2, 0) is 10.9 Å². The van der Waals surface area contributed by atoms with Crippen molar-refractivity contribution in [3.8, 4) is 11.5 Å². The van der Waals surface area contributed by atoms with Gasteiger partial charge >= 0.3 is 12.1 Å². The van der Waals surface area contributed by atoms with Gasteiger partial charge in [0.05, 0.1) is 18.2 Å². The number of hydrogen-bond donors (Lipinski definition) is 0. The Morgan fingerprint density at radius 3 is 2.32 bits per heavy atom. The second kappa shape index (κ2) is 6.47. The Bertz CT molecular complexity index is 915. The highest BCUT2D eigenvalue weighted by atomic mass is 19.4. The maximum atomic E-state index is 12.6. The lowest BCUT2D eigenvalue weighted by molar-refractivity contribution is -0.137. The van der Waals surface area contributed by atoms with Crippen molar-refractivity contribution >= 4 is 16.7 Å². The van der Waals surface area contributed by atoms with E-state index in [1.54, 1.807) is 36.4 Å². The lowest BCUT2D eigenvalue weighted by Crippen LogP contribution is -2.04. The molecule has 0 spiro atoms. The van der Waals surface area contributed by atoms with Crippen LogP contribution in [-0.4, -0.2) is 13.1 Å². The standard InChI is InChI=1S/C19H13F3O3/c1-24-18(23)13-5-10-16-12(11-13)3-2-4-17(16)25-15-8-6-14(7-9-15)19(20,21)22/h2-11H,1H3. The van der Waals surface area contributed by atoms with Gasteiger partial charge in [-0.3, -0.25) is 0 Å². The molecule has 0 aliphatic carbocycles. The second-order valence-electron chi connectivity index (χ2n) is 5.31. The second-order valence-corrected chi connectivity index (χ2v) is 5.31. The largest absolute Gasteiger partial charge is 0.465 e. The molecule has 3 aromatic carbocycles. The molecule has 0 aliphatic heterocycles. The summed E-state index contributed by atoms with van der Waals surface area (Å²) in [5.74, 6) is 0.321. The maximum Gasteiger partial charge on any atom is 0.416 e. The number of alkyl halides is 3. The Morgan fingerprint density at radius 1 is 0.960 bits per heavy atom. The SMILES string of the molecule is COC(=O)c1ccc2c(Oc3ccc(C(F)(F)F)cc3)cccc2c1. The molecule has 0 saturated heterocycles. The lowest BCUT2D eigenvalue weighted by Gasteiger charge is -2.11. The van der Waals surface area contributed by atoms with Crippen LogP contribution in [0.3, 0.4) is 0 Å². The number of methoxy groups -OCH3 is 1. The van der Waals surface area contributed by atoms with Gasteiger partial charge in [0.15, 0.2) is 0 Å². The van der Waals surface area contributed by atoms with E-state index in [0.29, 0.717) is 11.3 Å². The smallest absolute Gasteiger partial charge is 0.416 e. The first kappa shape index (κ1) is 16.8. The summed E-state index contributed by atoms with van der Waals surface area (Å²) >= 11 is 0. The quantitative estimate of drug-likeness (QED) is 0.593. The van der Waals surface area contributed by atoms with Crippen LogP contribution in [0.4, 0.5) is 13.2 Å². The molecule has 25 heavy (non-hydrogen) atoms. The predicted octanol–water partition coefficient (Wildman–Crippen LogP) is 5.44. The number of halogens is 3. The van der Waals surface area contributed by atoms with Crippen molar-refractivity contribution in [2.75, 3.05) is 7.11 Å². The van der Waals surface area contributed by atoms with E-state index in [4.69, 9.17) is 4.74 Å². The third kappa shape index (κ3) is 3.57. The minimum absolute atomic E-state index is 0.289. The zero-order valence-corrected chi connectivity index (χ0v) is 13.1. The number of carbonyl (C=O) groups is 1. The Balaban J connectivity index is 1.92. The molecule has 3 aromatic rings. The molecule has 0 unspecified atom stereocenters. The first-order chi connectivity index (χ1) is 11.9. The fourth-order valence-electron chi connectivity index (χ4n) is 2.43. The average Bonchev–Trinajstić information content (AvgIpc) is 2.60. The number of ether oxygens (including phenoxy) is 2. The summed E-state index contributed by atoms with van der Waals surface area (Å²) in [7, 11) is 1.30. The van der Waals surface area contributed by atoms with Gasteiger partial charge in [0.2, 0.25) is 0 Å². The number of rotatable bonds is 3. The van der Waals surface area contributed by atoms with Gasteiger partial charge in [-0.1, -0.05) is 12.1 Å². The van der Waals surface area contributed by atoms with E-state index < -0.39 is 17.7 Å². The molecule has 0 aliphatic rings. The van der Waals surface area contributed by atoms with E-state index in [2.05, 4.69) is 4.74 Å². The summed E-state index contributed by atoms with van der Waals surface area (Å²) in [5, 5.41) is 1.49. The summed E-state index contributed by atoms with van der Waals surface area (Å²) in [6.45, 7) is 0. The highest BCUT2D eigenvalue weighted by molar-refractivity contribution is 5.97. The van der Waals surface area contributed by atoms with Gasteiger partial charge in [-0.15, -0.1) is 0 Å². The highest BCUT2D eigenvalue weighted by Gasteiger charge is 2.30. The minimum Gasteiger partial charge on any atom is -0.465 e. The summed E-state index contributed by atoms with van der Waals surface area (Å²) in [4.78, 5) is 11.6. The first-order valence-corrected chi connectivity index (χ1v) is 7.35. The van der Waals surface area contributed by atoms with Crippen molar-refractivity contribution in [1.29, 1.82) is 0 Å². The molecule has 6 heteroatoms. The molecule has 0 fully saturated rings. The van der Waals surface area contributed by atoms with Gasteiger partial charge < -0.3 is 9.47 Å². The molecule has 3 nitrogen and oxygen atoms in total. The molecule has 0 saturated carbocycles. The lowest BCUT2D eigenvalue weighted by atomic mass is 10.1. The molecule has 0 radical (unpaired) electrons. The van der Waals surface area contributed by atoms with Crippen molar-refractivity contribution in [3.05, 3.63) is 71.8 Å². The van der Waals surface area contributed by atoms with E-state index in [1.807, 2.05) is 0 Å². The highest BCUT2D eigenvalue weighted by Crippen LogP contribution is 2.33. The number of carbonyl (C=O) groups excluding carboxylic acids is 1. The zero-order valence-electron chi connectivity index (χ0n) is 13.1. The number of benzene rings is 3. The summed E-state index contributed by atoms with van der Waals surface area (Å²) in [6, 6.07) is 14.7. The van der Waals surface area contributed by atoms with Crippen molar-refractivity contribution in [2.24, 2.45) is 0 Å². The summed E-state index contributed by atoms with van der Waals surface area (Å²) < 4.78 is 48.2. The van der Waals surface area contributed by atoms with E-state index in [1.165, 1.54) is 19.2 Å². The minimum atomic E-state index is -4.39. The van der Waals surface area contributed by atoms with Gasteiger partial charge in [0.25, 0.3) is 0 Å². The summed E-state index contributed by atoms with van der Waals surface area (Å²) in [6.07, 6.45) is -4.39. The van der Waals surface area contributed by atoms with Gasteiger partial charge in [0, 0.05) is 5.39 Å². The van der Waals surface area contributed by atoms with Crippen LogP contribution in [0, 0.1) is 0 Å². The van der Waals surface area contributed by atoms with Crippen LogP contribution in [0.5, 0.6) is 11.5 Å². The third-order valence-corrected chi connectivity index (χ3v) is 3.67. The molecule has 0 N–H and O–H groups in total. The average molecular weight is 346 g/mol. The Kier molecular flexibility index (Phi) is 4.35. The Morgan fingerprint density at radius 2 is 1.68 bits per heavy atom. The Hall–Kier alpha value is -3.02. The molecule has 0 aromatic heterocycles. The van der Waals surface area contributed by atoms with Crippen molar-refractivity contribution in [1.82, 2.24) is 0 Å². The summed E-state index contributed by atoms with van der Waals surface area (Å²) in [5.41, 5.74) is -0.331. The molecule has 128 valence electrons. The van der Waals surface area contributed by atoms with E-state index in [9.17, 15) is 18.0 Å². The number of fused-ring (bicyclic) bond motifs is 1. The third-order valence-electron chi connectivity index (χ3n) is 3.67. The predicted molar refractivity (Wildman–Crippen MR) is 86.8 cm³/mol. The number of esters is 1. The fraction of sp³-hybridized carbons (Fsp3) is 0.105. The van der Waals surface area contributed by atoms with Gasteiger partial charge in [-0.25, -0.2) is 4.79 Å². The fourth-order valence-corrected chi connectivity index (χ4v) is 2.43. The van der Waals surface area contributed by atoms with Crippen LogP contribution in [0.1, 0.15) is 15.9 Å². The molecule has 0 atom stereocenters. The van der Waals surface area contributed by atoms with E-state index in [-0.39, 0.29) is 5.75 Å². The molecular formula is C19H13F3O3. The van der Waals surface area contributed by atoms with Gasteiger partial charge in [-0.2, -0.15) is 13.2 Å². The van der Waals surface area contributed by atoms with Crippen LogP contribution in [0.2, 0.25) is 0 Å². The van der Waals surface area contributed by atoms with Gasteiger partial charge in [-0.05, 0) is 53.9 Å². The molecule has 0 amide bonds. The molecule has 0 heterocycles. The van der Waals surface area contributed by atoms with Crippen LogP contribution < -0.4 is 4.74 Å². The molecule has 3 rings (SSSR count). The molecular weight excluding hydrogens is 333 g/mol. The normalized spacial score (nSPS) is 11.4. The van der Waals surface area contributed by atoms with Crippen molar-refractivity contribution < 1.29 is 27.4 Å². The van der Waals surface area contributed by atoms with Crippen LogP contribution >= 0.6 is 0 Å². The van der Waals surface area contributed by atoms with E-state index in [0.717, 1.165) is 22.9 Å². The number of hydrogen-bond acceptors (Lipinski definition) is 3. The van der Waals surface area contributed by atoms with E-state index >= 15 is 0 Å². The monoisotopic (exact) mass is 346 g/mol. The topological polar surface area (TPSA) is 35.5 Å². The van der Waals surface area contributed by atoms with Crippen LogP contribution in [0.15, 0.2) is 60.7 Å². The van der Waals surface area contributed by atoms with Crippen molar-refractivity contribution in [3.63, 3.8) is 0 Å². The molecule has 0 bridgehead atoms. The Labute approximate surface area is 141 Å². The zero-order chi connectivity index (χ0) is 18.0. The van der Waals surface area contributed by atoms with Gasteiger partial charge in [0.1, 0.15) is 11.5 Å². The van der Waals surface area contributed by atoms with Crippen LogP contribution in [0.25, 0.3) is 10.8 Å². The van der Waals surface area contributed by atoms with Crippen molar-refractivity contribution in [2.45, 2.75) is 6.18 Å². The maximum absolute atomic E-state index is 12.6. The first-order valence-electron chi connectivity index (χ1n) is 7.35.